The summed E-state index contributed by atoms with van der Waals surface area (Å²) in [6.45, 7) is 0.858. The highest BCUT2D eigenvalue weighted by Crippen LogP contribution is 2.26. The van der Waals surface area contributed by atoms with Crippen LogP contribution in [-0.2, 0) is 9.84 Å². The Morgan fingerprint density at radius 2 is 1.27 bits per heavy atom. The zero-order chi connectivity index (χ0) is 12.0. The molecule has 1 aromatic rings. The van der Waals surface area contributed by atoms with Gasteiger partial charge in [-0.3, -0.25) is 0 Å². The lowest BCUT2D eigenvalue weighted by molar-refractivity contribution is 0.392. The van der Waals surface area contributed by atoms with Crippen LogP contribution in [0.2, 0.25) is 0 Å². The summed E-state index contributed by atoms with van der Waals surface area (Å²) in [5, 5.41) is 0. The summed E-state index contributed by atoms with van der Waals surface area (Å²) >= 11 is 0. The molecule has 1 aromatic carbocycles. The summed E-state index contributed by atoms with van der Waals surface area (Å²) < 4.78 is 73.3. The van der Waals surface area contributed by atoms with E-state index in [9.17, 15) is 26.0 Å². The maximum atomic E-state index is 13.0. The Morgan fingerprint density at radius 3 is 1.67 bits per heavy atom. The second-order valence-electron chi connectivity index (χ2n) is 2.98. The van der Waals surface area contributed by atoms with Crippen LogP contribution in [0.1, 0.15) is 5.56 Å². The molecular weight excluding hydrogens is 236 g/mol. The van der Waals surface area contributed by atoms with Gasteiger partial charge >= 0.3 is 0 Å². The monoisotopic (exact) mass is 242 g/mol. The fraction of sp³-hybridized carbons (Fsp3) is 0.250. The lowest BCUT2D eigenvalue weighted by Crippen LogP contribution is -2.10. The Morgan fingerprint density at radius 1 is 0.867 bits per heavy atom. The molecule has 0 radical (unpaired) electrons. The maximum absolute atomic E-state index is 13.0. The largest absolute Gasteiger partial charge is 0.224 e. The van der Waals surface area contributed by atoms with Crippen molar-refractivity contribution in [3.8, 4) is 0 Å². The van der Waals surface area contributed by atoms with E-state index < -0.39 is 43.6 Å². The number of benzene rings is 1. The molecule has 0 fully saturated rings. The molecule has 0 aromatic heterocycles. The zero-order valence-electron chi connectivity index (χ0n) is 7.74. The first-order valence-corrected chi connectivity index (χ1v) is 5.59. The molecule has 7 heteroatoms. The van der Waals surface area contributed by atoms with Crippen LogP contribution in [-0.4, -0.2) is 14.7 Å². The molecule has 0 bridgehead atoms. The van der Waals surface area contributed by atoms with Gasteiger partial charge in [0.15, 0.2) is 33.1 Å². The Bertz CT molecular complexity index is 493. The maximum Gasteiger partial charge on any atom is 0.198 e. The van der Waals surface area contributed by atoms with Crippen molar-refractivity contribution in [1.29, 1.82) is 0 Å². The van der Waals surface area contributed by atoms with E-state index in [2.05, 4.69) is 0 Å². The number of halogens is 4. The molecular formula is C8H6F4O2S. The minimum atomic E-state index is -4.15. The summed E-state index contributed by atoms with van der Waals surface area (Å²) in [4.78, 5) is -1.15. The van der Waals surface area contributed by atoms with Crippen molar-refractivity contribution < 1.29 is 26.0 Å². The van der Waals surface area contributed by atoms with E-state index in [1.165, 1.54) is 0 Å². The molecule has 2 nitrogen and oxygen atoms in total. The van der Waals surface area contributed by atoms with Gasteiger partial charge in [0, 0.05) is 11.8 Å². The summed E-state index contributed by atoms with van der Waals surface area (Å²) in [6, 6.07) is 0. The normalized spacial score (nSPS) is 11.9. The predicted octanol–water partition coefficient (Wildman–Crippen LogP) is 1.95. The van der Waals surface area contributed by atoms with Gasteiger partial charge in [-0.15, -0.1) is 0 Å². The van der Waals surface area contributed by atoms with Crippen LogP contribution in [0.5, 0.6) is 0 Å². The highest BCUT2D eigenvalue weighted by molar-refractivity contribution is 7.90. The fourth-order valence-corrected chi connectivity index (χ4v) is 2.22. The van der Waals surface area contributed by atoms with Crippen LogP contribution in [0.4, 0.5) is 17.6 Å². The molecule has 0 aliphatic rings. The van der Waals surface area contributed by atoms with Gasteiger partial charge in [0.25, 0.3) is 0 Å². The Balaban J connectivity index is 3.84. The van der Waals surface area contributed by atoms with Crippen molar-refractivity contribution in [2.75, 3.05) is 6.26 Å². The summed E-state index contributed by atoms with van der Waals surface area (Å²) in [7, 11) is -4.15. The van der Waals surface area contributed by atoms with Crippen molar-refractivity contribution in [2.24, 2.45) is 0 Å². The molecule has 0 spiro atoms. The van der Waals surface area contributed by atoms with E-state index in [1.807, 2.05) is 0 Å². The minimum absolute atomic E-state index is 0.579. The molecule has 0 heterocycles. The minimum Gasteiger partial charge on any atom is -0.224 e. The Labute approximate surface area is 83.4 Å². The fourth-order valence-electron chi connectivity index (χ4n) is 1.16. The van der Waals surface area contributed by atoms with Gasteiger partial charge in [0.1, 0.15) is 4.90 Å². The SMILES string of the molecule is Cc1c(F)c(F)c(F)c(F)c1S(C)(=O)=O. The van der Waals surface area contributed by atoms with Crippen LogP contribution in [0.3, 0.4) is 0 Å². The zero-order valence-corrected chi connectivity index (χ0v) is 8.55. The first kappa shape index (κ1) is 12.0. The Kier molecular flexibility index (Phi) is 2.77. The third-order valence-corrected chi connectivity index (χ3v) is 3.05. The highest BCUT2D eigenvalue weighted by atomic mass is 32.2. The highest BCUT2D eigenvalue weighted by Gasteiger charge is 2.28. The van der Waals surface area contributed by atoms with Crippen molar-refractivity contribution in [3.05, 3.63) is 28.8 Å². The van der Waals surface area contributed by atoms with Gasteiger partial charge in [-0.25, -0.2) is 26.0 Å². The quantitative estimate of drug-likeness (QED) is 0.326. The summed E-state index contributed by atoms with van der Waals surface area (Å²) in [6.07, 6.45) is 0.579. The van der Waals surface area contributed by atoms with E-state index in [1.54, 1.807) is 0 Å². The first-order valence-electron chi connectivity index (χ1n) is 3.70. The molecule has 0 saturated carbocycles. The molecule has 0 aliphatic heterocycles. The van der Waals surface area contributed by atoms with E-state index in [4.69, 9.17) is 0 Å². The number of hydrogen-bond acceptors (Lipinski definition) is 2. The van der Waals surface area contributed by atoms with Gasteiger partial charge < -0.3 is 0 Å². The number of rotatable bonds is 1. The second kappa shape index (κ2) is 3.48. The number of sulfone groups is 1. The standard InChI is InChI=1S/C8H6F4O2S/c1-3-4(9)5(10)6(11)7(12)8(3)15(2,13)14/h1-2H3. The van der Waals surface area contributed by atoms with Gasteiger partial charge in [0.2, 0.25) is 0 Å². The molecule has 0 saturated heterocycles. The molecule has 15 heavy (non-hydrogen) atoms. The van der Waals surface area contributed by atoms with Crippen molar-refractivity contribution >= 4 is 9.84 Å². The average molecular weight is 242 g/mol. The van der Waals surface area contributed by atoms with Crippen molar-refractivity contribution in [3.63, 3.8) is 0 Å². The topological polar surface area (TPSA) is 34.1 Å². The number of hydrogen-bond donors (Lipinski definition) is 0. The first-order chi connectivity index (χ1) is 6.68. The molecule has 0 N–H and O–H groups in total. The van der Waals surface area contributed by atoms with Gasteiger partial charge in [0.05, 0.1) is 0 Å². The van der Waals surface area contributed by atoms with E-state index in [0.717, 1.165) is 6.92 Å². The molecule has 0 unspecified atom stereocenters. The molecule has 0 aliphatic carbocycles. The second-order valence-corrected chi connectivity index (χ2v) is 4.93. The van der Waals surface area contributed by atoms with Gasteiger partial charge in [-0.05, 0) is 6.92 Å². The Hall–Kier alpha value is -1.11. The summed E-state index contributed by atoms with van der Waals surface area (Å²) in [5.41, 5.74) is -0.770. The third-order valence-electron chi connectivity index (χ3n) is 1.82. The predicted molar refractivity (Wildman–Crippen MR) is 44.1 cm³/mol. The van der Waals surface area contributed by atoms with Gasteiger partial charge in [-0.2, -0.15) is 0 Å². The molecule has 1 rings (SSSR count). The molecule has 84 valence electrons. The van der Waals surface area contributed by atoms with E-state index in [-0.39, 0.29) is 0 Å². The summed E-state index contributed by atoms with van der Waals surface area (Å²) in [5.74, 6) is -7.74. The molecule has 0 amide bonds. The van der Waals surface area contributed by atoms with Crippen molar-refractivity contribution in [2.45, 2.75) is 11.8 Å². The van der Waals surface area contributed by atoms with Crippen molar-refractivity contribution in [1.82, 2.24) is 0 Å². The van der Waals surface area contributed by atoms with E-state index >= 15 is 0 Å². The van der Waals surface area contributed by atoms with Crippen LogP contribution in [0, 0.1) is 30.2 Å². The third kappa shape index (κ3) is 1.83. The van der Waals surface area contributed by atoms with Crippen LogP contribution < -0.4 is 0 Å². The van der Waals surface area contributed by atoms with E-state index in [0.29, 0.717) is 6.26 Å². The lowest BCUT2D eigenvalue weighted by atomic mass is 10.2. The van der Waals surface area contributed by atoms with Crippen LogP contribution in [0.15, 0.2) is 4.90 Å². The van der Waals surface area contributed by atoms with Crippen LogP contribution in [0.25, 0.3) is 0 Å². The molecule has 0 atom stereocenters. The smallest absolute Gasteiger partial charge is 0.198 e. The van der Waals surface area contributed by atoms with Crippen LogP contribution >= 0.6 is 0 Å². The van der Waals surface area contributed by atoms with Gasteiger partial charge in [-0.1, -0.05) is 0 Å². The average Bonchev–Trinajstić information content (AvgIpc) is 2.09. The lowest BCUT2D eigenvalue weighted by Gasteiger charge is -2.08.